The van der Waals surface area contributed by atoms with Gasteiger partial charge in [-0.05, 0) is 25.5 Å². The molecule has 0 fully saturated rings. The normalized spacial score (nSPS) is 16.3. The number of nitrogens with two attached hydrogens (primary N) is 1. The lowest BCUT2D eigenvalue weighted by atomic mass is 9.84. The monoisotopic (exact) mass is 328 g/mol. The molecule has 24 heavy (non-hydrogen) atoms. The van der Waals surface area contributed by atoms with E-state index < -0.39 is 17.5 Å². The molecule has 1 atom stereocenters. The van der Waals surface area contributed by atoms with Gasteiger partial charge in [-0.3, -0.25) is 4.98 Å². The second-order valence-electron chi connectivity index (χ2n) is 5.24. The lowest BCUT2D eigenvalue weighted by Gasteiger charge is -2.27. The molecule has 1 aliphatic heterocycles. The maximum absolute atomic E-state index is 12.4. The highest BCUT2D eigenvalue weighted by Crippen LogP contribution is 2.40. The summed E-state index contributed by atoms with van der Waals surface area (Å²) in [4.78, 5) is 28.9. The summed E-state index contributed by atoms with van der Waals surface area (Å²) in [6.45, 7) is 3.48. The first kappa shape index (κ1) is 15.8. The molecule has 0 radical (unpaired) electrons. The molecule has 2 aromatic rings. The predicted molar refractivity (Wildman–Crippen MR) is 84.3 cm³/mol. The summed E-state index contributed by atoms with van der Waals surface area (Å²) in [7, 11) is 0. The molecule has 0 unspecified atom stereocenters. The quantitative estimate of drug-likeness (QED) is 0.853. The van der Waals surface area contributed by atoms with Crippen LogP contribution in [-0.2, 0) is 9.53 Å². The third-order valence-electron chi connectivity index (χ3n) is 3.65. The van der Waals surface area contributed by atoms with Crippen molar-refractivity contribution in [3.8, 4) is 5.75 Å². The van der Waals surface area contributed by atoms with Crippen molar-refractivity contribution >= 4 is 5.97 Å². The number of carbonyl (C=O) groups excluding carboxylic acids is 1. The molecule has 0 aromatic carbocycles. The maximum Gasteiger partial charge on any atom is 0.343 e. The number of carbonyl (C=O) groups is 1. The van der Waals surface area contributed by atoms with E-state index in [0.29, 0.717) is 11.3 Å². The minimum Gasteiger partial charge on any atom is -0.462 e. The van der Waals surface area contributed by atoms with Gasteiger partial charge in [0.1, 0.15) is 17.1 Å². The number of hydrogen-bond donors (Lipinski definition) is 1. The Hall–Kier alpha value is -3.09. The van der Waals surface area contributed by atoms with Crippen LogP contribution in [0, 0.1) is 6.92 Å². The van der Waals surface area contributed by atoms with Crippen molar-refractivity contribution in [2.24, 2.45) is 5.73 Å². The Kier molecular flexibility index (Phi) is 4.07. The highest BCUT2D eigenvalue weighted by molar-refractivity contribution is 5.92. The Balaban J connectivity index is 2.26. The second-order valence-corrected chi connectivity index (χ2v) is 5.24. The number of hydrogen-bond acceptors (Lipinski definition) is 7. The number of pyridine rings is 1. The summed E-state index contributed by atoms with van der Waals surface area (Å²) in [5, 5.41) is 0. The van der Waals surface area contributed by atoms with Gasteiger partial charge in [0.25, 0.3) is 0 Å². The van der Waals surface area contributed by atoms with Crippen molar-refractivity contribution in [3.63, 3.8) is 0 Å². The first-order chi connectivity index (χ1) is 11.5. The van der Waals surface area contributed by atoms with Crippen LogP contribution in [0.2, 0.25) is 0 Å². The summed E-state index contributed by atoms with van der Waals surface area (Å²) in [5.41, 5.74) is 6.25. The highest BCUT2D eigenvalue weighted by Gasteiger charge is 2.38. The first-order valence-electron chi connectivity index (χ1n) is 7.42. The average molecular weight is 328 g/mol. The SMILES string of the molecule is CCOC(=O)C1=C(N)Oc2cc(C)oc(=O)c2[C@@H]1c1cccnc1. The van der Waals surface area contributed by atoms with Gasteiger partial charge in [0, 0.05) is 18.5 Å². The lowest BCUT2D eigenvalue weighted by molar-refractivity contribution is -0.139. The third-order valence-corrected chi connectivity index (χ3v) is 3.65. The number of nitrogens with zero attached hydrogens (tertiary/aromatic N) is 1. The molecule has 7 heteroatoms. The Labute approximate surface area is 137 Å². The van der Waals surface area contributed by atoms with Crippen molar-refractivity contribution in [3.05, 3.63) is 69.4 Å². The van der Waals surface area contributed by atoms with E-state index in [-0.39, 0.29) is 29.4 Å². The number of fused-ring (bicyclic) bond motifs is 1. The van der Waals surface area contributed by atoms with Crippen molar-refractivity contribution < 1.29 is 18.7 Å². The van der Waals surface area contributed by atoms with E-state index in [4.69, 9.17) is 19.6 Å². The average Bonchev–Trinajstić information content (AvgIpc) is 2.54. The predicted octanol–water partition coefficient (Wildman–Crippen LogP) is 1.60. The summed E-state index contributed by atoms with van der Waals surface area (Å²) in [6.07, 6.45) is 3.16. The summed E-state index contributed by atoms with van der Waals surface area (Å²) in [6, 6.07) is 5.02. The van der Waals surface area contributed by atoms with Gasteiger partial charge in [0.2, 0.25) is 5.88 Å². The molecule has 2 N–H and O–H groups in total. The van der Waals surface area contributed by atoms with Gasteiger partial charge in [-0.25, -0.2) is 9.59 Å². The largest absolute Gasteiger partial charge is 0.462 e. The number of rotatable bonds is 3. The van der Waals surface area contributed by atoms with Crippen molar-refractivity contribution in [2.75, 3.05) is 6.61 Å². The first-order valence-corrected chi connectivity index (χ1v) is 7.42. The Morgan fingerprint density at radius 1 is 1.46 bits per heavy atom. The molecule has 0 saturated heterocycles. The van der Waals surface area contributed by atoms with E-state index in [0.717, 1.165) is 0 Å². The van der Waals surface area contributed by atoms with E-state index in [1.807, 2.05) is 0 Å². The van der Waals surface area contributed by atoms with Crippen LogP contribution >= 0.6 is 0 Å². The molecule has 7 nitrogen and oxygen atoms in total. The van der Waals surface area contributed by atoms with E-state index >= 15 is 0 Å². The second kappa shape index (κ2) is 6.19. The van der Waals surface area contributed by atoms with Gasteiger partial charge in [-0.1, -0.05) is 6.07 Å². The highest BCUT2D eigenvalue weighted by atomic mass is 16.5. The zero-order valence-corrected chi connectivity index (χ0v) is 13.2. The van der Waals surface area contributed by atoms with Crippen LogP contribution in [0.25, 0.3) is 0 Å². The van der Waals surface area contributed by atoms with E-state index in [9.17, 15) is 9.59 Å². The topological polar surface area (TPSA) is 105 Å². The standard InChI is InChI=1S/C17H16N2O5/c1-3-22-16(20)14-12(10-5-4-6-19-8-10)13-11(24-15(14)18)7-9(2)23-17(13)21/h4-8,12H,3,18H2,1-2H3/t12-/m0/s1. The molecule has 0 spiro atoms. The zero-order chi connectivity index (χ0) is 17.3. The van der Waals surface area contributed by atoms with Crippen LogP contribution in [-0.4, -0.2) is 17.6 Å². The van der Waals surface area contributed by atoms with Gasteiger partial charge in [0.15, 0.2) is 0 Å². The maximum atomic E-state index is 12.4. The molecule has 0 amide bonds. The fourth-order valence-corrected chi connectivity index (χ4v) is 2.71. The molecular formula is C17H16N2O5. The Morgan fingerprint density at radius 2 is 2.25 bits per heavy atom. The minimum absolute atomic E-state index is 0.0634. The fraction of sp³-hybridized carbons (Fsp3) is 0.235. The summed E-state index contributed by atoms with van der Waals surface area (Å²) in [5.74, 6) is -0.855. The zero-order valence-electron chi connectivity index (χ0n) is 13.2. The van der Waals surface area contributed by atoms with Crippen LogP contribution in [0.15, 0.2) is 51.3 Å². The minimum atomic E-state index is -0.765. The number of aryl methyl sites for hydroxylation is 1. The number of esters is 1. The van der Waals surface area contributed by atoms with Crippen LogP contribution < -0.4 is 16.1 Å². The molecule has 0 aliphatic carbocycles. The number of ether oxygens (including phenoxy) is 2. The van der Waals surface area contributed by atoms with E-state index in [2.05, 4.69) is 4.98 Å². The Morgan fingerprint density at radius 3 is 2.92 bits per heavy atom. The molecule has 0 saturated carbocycles. The molecule has 124 valence electrons. The van der Waals surface area contributed by atoms with Crippen LogP contribution in [0.1, 0.15) is 29.7 Å². The van der Waals surface area contributed by atoms with E-state index in [1.54, 1.807) is 44.4 Å². The van der Waals surface area contributed by atoms with Gasteiger partial charge < -0.3 is 19.6 Å². The van der Waals surface area contributed by atoms with Gasteiger partial charge in [-0.15, -0.1) is 0 Å². The van der Waals surface area contributed by atoms with Crippen molar-refractivity contribution in [1.29, 1.82) is 0 Å². The molecule has 0 bridgehead atoms. The summed E-state index contributed by atoms with van der Waals surface area (Å²) < 4.78 is 15.8. The van der Waals surface area contributed by atoms with E-state index in [1.165, 1.54) is 0 Å². The van der Waals surface area contributed by atoms with Gasteiger partial charge in [-0.2, -0.15) is 0 Å². The smallest absolute Gasteiger partial charge is 0.343 e. The summed E-state index contributed by atoms with van der Waals surface area (Å²) >= 11 is 0. The van der Waals surface area contributed by atoms with Crippen molar-refractivity contribution in [1.82, 2.24) is 4.98 Å². The Bertz CT molecular complexity index is 870. The fourth-order valence-electron chi connectivity index (χ4n) is 2.71. The van der Waals surface area contributed by atoms with Crippen LogP contribution in [0.4, 0.5) is 0 Å². The van der Waals surface area contributed by atoms with Crippen LogP contribution in [0.5, 0.6) is 5.75 Å². The molecule has 1 aliphatic rings. The van der Waals surface area contributed by atoms with Crippen LogP contribution in [0.3, 0.4) is 0 Å². The molecule has 3 rings (SSSR count). The van der Waals surface area contributed by atoms with Gasteiger partial charge in [0.05, 0.1) is 18.1 Å². The molecule has 2 aromatic heterocycles. The molecular weight excluding hydrogens is 312 g/mol. The lowest BCUT2D eigenvalue weighted by Crippen LogP contribution is -2.31. The molecule has 3 heterocycles. The number of aromatic nitrogens is 1. The van der Waals surface area contributed by atoms with Crippen molar-refractivity contribution in [2.45, 2.75) is 19.8 Å². The van der Waals surface area contributed by atoms with Gasteiger partial charge >= 0.3 is 11.6 Å². The third kappa shape index (κ3) is 2.64.